The first-order valence-corrected chi connectivity index (χ1v) is 11.7. The summed E-state index contributed by atoms with van der Waals surface area (Å²) in [5, 5.41) is 12.3. The summed E-state index contributed by atoms with van der Waals surface area (Å²) in [6.07, 6.45) is 3.20. The van der Waals surface area contributed by atoms with E-state index in [-0.39, 0.29) is 35.8 Å². The van der Waals surface area contributed by atoms with Crippen LogP contribution in [0.1, 0.15) is 47.2 Å². The molecule has 2 aromatic rings. The molecule has 2 aromatic carbocycles. The average molecular weight is 462 g/mol. The molecule has 176 valence electrons. The van der Waals surface area contributed by atoms with E-state index in [4.69, 9.17) is 0 Å². The van der Waals surface area contributed by atoms with Crippen LogP contribution in [-0.4, -0.2) is 58.2 Å². The fraction of sp³-hybridized carbons (Fsp3) is 0.385. The van der Waals surface area contributed by atoms with Gasteiger partial charge in [-0.05, 0) is 67.5 Å². The summed E-state index contributed by atoms with van der Waals surface area (Å²) in [6.45, 7) is 0.487. The number of ketones is 1. The number of fused-ring (bicyclic) bond motifs is 2. The molecule has 3 aliphatic rings. The number of imide groups is 1. The third kappa shape index (κ3) is 3.73. The van der Waals surface area contributed by atoms with Crippen LogP contribution < -0.4 is 5.32 Å². The number of Topliss-reactive ketones (excluding diaryl/α,β-unsaturated/α-hetero) is 1. The van der Waals surface area contributed by atoms with E-state index < -0.39 is 11.6 Å². The van der Waals surface area contributed by atoms with Crippen LogP contribution in [0.4, 0.5) is 4.79 Å². The summed E-state index contributed by atoms with van der Waals surface area (Å²) >= 11 is 0. The Morgan fingerprint density at radius 2 is 1.74 bits per heavy atom. The molecule has 2 fully saturated rings. The average Bonchev–Trinajstić information content (AvgIpc) is 3.09. The molecule has 2 aliphatic heterocycles. The maximum atomic E-state index is 13.4. The number of rotatable bonds is 4. The maximum absolute atomic E-state index is 13.4. The monoisotopic (exact) mass is 461 g/mol. The Hall–Kier alpha value is -3.68. The number of carbonyl (C=O) groups excluding carboxylic acids is 4. The number of aryl methyl sites for hydroxylation is 1. The summed E-state index contributed by atoms with van der Waals surface area (Å²) in [4.78, 5) is 54.6. The molecule has 8 nitrogen and oxygen atoms in total. The number of piperidine rings is 1. The lowest BCUT2D eigenvalue weighted by Crippen LogP contribution is -2.48. The standard InChI is InChI=1S/C26H27N3O5/c30-20-9-7-18(8-10-20)23(32)19-11-14-28(15-12-19)22(31)16-29-24(33)26(27-25(29)34)13-3-5-17-4-1-2-6-21(17)26/h1-2,4,6-10,19,30H,3,5,11-16H2,(H,27,34). The van der Waals surface area contributed by atoms with Gasteiger partial charge in [0.15, 0.2) is 5.78 Å². The first-order valence-electron chi connectivity index (χ1n) is 11.7. The molecule has 2 N–H and O–H groups in total. The highest BCUT2D eigenvalue weighted by molar-refractivity contribution is 6.09. The fourth-order valence-corrected chi connectivity index (χ4v) is 5.44. The molecule has 4 amide bonds. The number of benzene rings is 2. The number of hydrogen-bond donors (Lipinski definition) is 2. The largest absolute Gasteiger partial charge is 0.508 e. The normalized spacial score (nSPS) is 22.6. The minimum absolute atomic E-state index is 0.000831. The third-order valence-corrected chi connectivity index (χ3v) is 7.31. The lowest BCUT2D eigenvalue weighted by atomic mass is 9.76. The van der Waals surface area contributed by atoms with Gasteiger partial charge >= 0.3 is 6.03 Å². The summed E-state index contributed by atoms with van der Waals surface area (Å²) in [5.74, 6) is -0.752. The van der Waals surface area contributed by atoms with Crippen LogP contribution in [0.2, 0.25) is 0 Å². The molecule has 0 saturated carbocycles. The van der Waals surface area contributed by atoms with Crippen LogP contribution in [0.25, 0.3) is 0 Å². The molecule has 8 heteroatoms. The molecule has 5 rings (SSSR count). The summed E-state index contributed by atoms with van der Waals surface area (Å²) in [5.41, 5.74) is 1.33. The van der Waals surface area contributed by atoms with Crippen molar-refractivity contribution in [2.45, 2.75) is 37.6 Å². The van der Waals surface area contributed by atoms with Crippen molar-refractivity contribution in [2.75, 3.05) is 19.6 Å². The number of likely N-dealkylation sites (tertiary alicyclic amines) is 1. The Morgan fingerprint density at radius 3 is 2.47 bits per heavy atom. The van der Waals surface area contributed by atoms with Crippen LogP contribution in [0.5, 0.6) is 5.75 Å². The van der Waals surface area contributed by atoms with Gasteiger partial charge in [0.25, 0.3) is 5.91 Å². The predicted molar refractivity (Wildman–Crippen MR) is 123 cm³/mol. The van der Waals surface area contributed by atoms with Gasteiger partial charge in [0.1, 0.15) is 17.8 Å². The topological polar surface area (TPSA) is 107 Å². The number of carbonyl (C=O) groups is 4. The van der Waals surface area contributed by atoms with Crippen LogP contribution in [0.15, 0.2) is 48.5 Å². The first-order chi connectivity index (χ1) is 16.4. The summed E-state index contributed by atoms with van der Waals surface area (Å²) in [6, 6.07) is 13.3. The van der Waals surface area contributed by atoms with Gasteiger partial charge < -0.3 is 15.3 Å². The van der Waals surface area contributed by atoms with E-state index in [1.165, 1.54) is 12.1 Å². The molecule has 1 atom stereocenters. The van der Waals surface area contributed by atoms with E-state index >= 15 is 0 Å². The van der Waals surface area contributed by atoms with Crippen molar-refractivity contribution in [1.82, 2.24) is 15.1 Å². The summed E-state index contributed by atoms with van der Waals surface area (Å²) < 4.78 is 0. The van der Waals surface area contributed by atoms with Crippen LogP contribution in [0, 0.1) is 5.92 Å². The lowest BCUT2D eigenvalue weighted by molar-refractivity contribution is -0.140. The van der Waals surface area contributed by atoms with Gasteiger partial charge in [-0.15, -0.1) is 0 Å². The number of aromatic hydroxyl groups is 1. The molecule has 2 saturated heterocycles. The van der Waals surface area contributed by atoms with E-state index in [2.05, 4.69) is 5.32 Å². The fourth-order valence-electron chi connectivity index (χ4n) is 5.44. The number of amides is 4. The molecule has 1 spiro atoms. The second-order valence-corrected chi connectivity index (χ2v) is 9.30. The van der Waals surface area contributed by atoms with E-state index in [1.54, 1.807) is 17.0 Å². The second-order valence-electron chi connectivity index (χ2n) is 9.30. The van der Waals surface area contributed by atoms with Crippen molar-refractivity contribution in [1.29, 1.82) is 0 Å². The lowest BCUT2D eigenvalue weighted by Gasteiger charge is -2.34. The van der Waals surface area contributed by atoms with Crippen LogP contribution in [-0.2, 0) is 21.5 Å². The number of phenols is 1. The highest BCUT2D eigenvalue weighted by atomic mass is 16.3. The Morgan fingerprint density at radius 1 is 1.03 bits per heavy atom. The highest BCUT2D eigenvalue weighted by Gasteiger charge is 2.54. The van der Waals surface area contributed by atoms with Crippen LogP contribution >= 0.6 is 0 Å². The van der Waals surface area contributed by atoms with Crippen LogP contribution in [0.3, 0.4) is 0 Å². The van der Waals surface area contributed by atoms with Crippen molar-refractivity contribution in [3.05, 3.63) is 65.2 Å². The third-order valence-electron chi connectivity index (χ3n) is 7.31. The van der Waals surface area contributed by atoms with Crippen molar-refractivity contribution in [3.63, 3.8) is 0 Å². The van der Waals surface area contributed by atoms with Crippen molar-refractivity contribution >= 4 is 23.6 Å². The number of phenolic OH excluding ortho intramolecular Hbond substituents is 1. The minimum atomic E-state index is -1.09. The van der Waals surface area contributed by atoms with Gasteiger partial charge in [-0.1, -0.05) is 24.3 Å². The number of hydrogen-bond acceptors (Lipinski definition) is 5. The van der Waals surface area contributed by atoms with Gasteiger partial charge in [0.2, 0.25) is 5.91 Å². The smallest absolute Gasteiger partial charge is 0.325 e. The highest BCUT2D eigenvalue weighted by Crippen LogP contribution is 2.39. The molecule has 0 radical (unpaired) electrons. The maximum Gasteiger partial charge on any atom is 0.325 e. The zero-order chi connectivity index (χ0) is 23.9. The Balaban J connectivity index is 1.23. The van der Waals surface area contributed by atoms with Crippen molar-refractivity contribution in [3.8, 4) is 5.75 Å². The van der Waals surface area contributed by atoms with E-state index in [0.29, 0.717) is 37.9 Å². The zero-order valence-electron chi connectivity index (χ0n) is 18.8. The Labute approximate surface area is 197 Å². The quantitative estimate of drug-likeness (QED) is 0.538. The van der Waals surface area contributed by atoms with E-state index in [9.17, 15) is 24.3 Å². The first kappa shape index (κ1) is 22.1. The number of nitrogens with zero attached hydrogens (tertiary/aromatic N) is 2. The van der Waals surface area contributed by atoms with Gasteiger partial charge in [-0.3, -0.25) is 19.3 Å². The Bertz CT molecular complexity index is 1150. The van der Waals surface area contributed by atoms with Crippen molar-refractivity contribution < 1.29 is 24.3 Å². The molecular weight excluding hydrogens is 434 g/mol. The Kier molecular flexibility index (Phi) is 5.59. The molecule has 34 heavy (non-hydrogen) atoms. The van der Waals surface area contributed by atoms with E-state index in [0.717, 1.165) is 28.9 Å². The summed E-state index contributed by atoms with van der Waals surface area (Å²) in [7, 11) is 0. The number of nitrogens with one attached hydrogen (secondary N) is 1. The SMILES string of the molecule is O=C(c1ccc(O)cc1)C1CCN(C(=O)CN2C(=O)NC3(CCCc4ccccc43)C2=O)CC1. The van der Waals surface area contributed by atoms with Crippen molar-refractivity contribution in [2.24, 2.45) is 5.92 Å². The van der Waals surface area contributed by atoms with E-state index in [1.807, 2.05) is 24.3 Å². The van der Waals surface area contributed by atoms with Gasteiger partial charge in [-0.2, -0.15) is 0 Å². The molecule has 1 aliphatic carbocycles. The molecule has 0 aromatic heterocycles. The molecular formula is C26H27N3O5. The minimum Gasteiger partial charge on any atom is -0.508 e. The number of urea groups is 1. The molecule has 1 unspecified atom stereocenters. The zero-order valence-corrected chi connectivity index (χ0v) is 18.8. The van der Waals surface area contributed by atoms with Gasteiger partial charge in [0.05, 0.1) is 0 Å². The van der Waals surface area contributed by atoms with Gasteiger partial charge in [0, 0.05) is 24.6 Å². The second kappa shape index (κ2) is 8.59. The molecule has 2 heterocycles. The predicted octanol–water partition coefficient (Wildman–Crippen LogP) is 2.60. The molecule has 0 bridgehead atoms. The van der Waals surface area contributed by atoms with Gasteiger partial charge in [-0.25, -0.2) is 4.79 Å².